The Labute approximate surface area is 108 Å². The van der Waals surface area contributed by atoms with Gasteiger partial charge in [0.25, 0.3) is 0 Å². The molecule has 0 saturated heterocycles. The largest absolute Gasteiger partial charge is 0.356 e. The third-order valence-corrected chi connectivity index (χ3v) is 2.96. The summed E-state index contributed by atoms with van der Waals surface area (Å²) in [4.78, 5) is 12.4. The van der Waals surface area contributed by atoms with Crippen molar-refractivity contribution in [1.29, 1.82) is 0 Å². The quantitative estimate of drug-likeness (QED) is 0.592. The van der Waals surface area contributed by atoms with Gasteiger partial charge >= 0.3 is 0 Å². The molecule has 0 fully saturated rings. The minimum absolute atomic E-state index is 0.0763. The summed E-state index contributed by atoms with van der Waals surface area (Å²) in [5.41, 5.74) is 3.68. The highest BCUT2D eigenvalue weighted by molar-refractivity contribution is 6.09. The van der Waals surface area contributed by atoms with Gasteiger partial charge in [-0.1, -0.05) is 35.9 Å². The fourth-order valence-electron chi connectivity index (χ4n) is 2.02. The molecule has 0 radical (unpaired) electrons. The maximum absolute atomic E-state index is 12.4. The number of aryl methyl sites for hydroxylation is 2. The SMILES string of the molecule is C=CCc1cn(C)cc1C(=O)c1ccc(C)cc1. The van der Waals surface area contributed by atoms with Crippen molar-refractivity contribution >= 4 is 5.78 Å². The lowest BCUT2D eigenvalue weighted by molar-refractivity contribution is 0.103. The Bertz CT molecular complexity index is 576. The average molecular weight is 239 g/mol. The Balaban J connectivity index is 2.39. The average Bonchev–Trinajstić information content (AvgIpc) is 2.71. The minimum atomic E-state index is 0.0763. The van der Waals surface area contributed by atoms with Gasteiger partial charge in [0.2, 0.25) is 0 Å². The van der Waals surface area contributed by atoms with Gasteiger partial charge in [0.15, 0.2) is 5.78 Å². The molecule has 0 spiro atoms. The Morgan fingerprint density at radius 3 is 2.56 bits per heavy atom. The molecule has 0 bridgehead atoms. The van der Waals surface area contributed by atoms with E-state index in [2.05, 4.69) is 6.58 Å². The third-order valence-electron chi connectivity index (χ3n) is 2.96. The summed E-state index contributed by atoms with van der Waals surface area (Å²) in [6.07, 6.45) is 6.39. The van der Waals surface area contributed by atoms with Crippen LogP contribution in [-0.4, -0.2) is 10.4 Å². The highest BCUT2D eigenvalue weighted by Gasteiger charge is 2.14. The number of aromatic nitrogens is 1. The van der Waals surface area contributed by atoms with Crippen molar-refractivity contribution in [1.82, 2.24) is 4.57 Å². The Morgan fingerprint density at radius 1 is 1.28 bits per heavy atom. The van der Waals surface area contributed by atoms with E-state index in [1.807, 2.05) is 61.3 Å². The summed E-state index contributed by atoms with van der Waals surface area (Å²) < 4.78 is 1.92. The van der Waals surface area contributed by atoms with Gasteiger partial charge in [-0.15, -0.1) is 6.58 Å². The van der Waals surface area contributed by atoms with Gasteiger partial charge in [0, 0.05) is 30.6 Å². The summed E-state index contributed by atoms with van der Waals surface area (Å²) in [6, 6.07) is 7.68. The van der Waals surface area contributed by atoms with Crippen LogP contribution in [0.25, 0.3) is 0 Å². The molecular weight excluding hydrogens is 222 g/mol. The highest BCUT2D eigenvalue weighted by atomic mass is 16.1. The summed E-state index contributed by atoms with van der Waals surface area (Å²) >= 11 is 0. The van der Waals surface area contributed by atoms with E-state index in [0.29, 0.717) is 6.42 Å². The predicted molar refractivity (Wildman–Crippen MR) is 73.9 cm³/mol. The van der Waals surface area contributed by atoms with E-state index >= 15 is 0 Å². The molecule has 2 rings (SSSR count). The van der Waals surface area contributed by atoms with Gasteiger partial charge in [-0.05, 0) is 18.9 Å². The molecule has 0 aliphatic rings. The zero-order valence-corrected chi connectivity index (χ0v) is 10.8. The van der Waals surface area contributed by atoms with Crippen LogP contribution in [0.4, 0.5) is 0 Å². The van der Waals surface area contributed by atoms with Gasteiger partial charge in [-0.25, -0.2) is 0 Å². The molecule has 92 valence electrons. The Morgan fingerprint density at radius 2 is 1.94 bits per heavy atom. The number of ketones is 1. The fraction of sp³-hybridized carbons (Fsp3) is 0.188. The van der Waals surface area contributed by atoms with Gasteiger partial charge in [0.05, 0.1) is 0 Å². The first-order valence-corrected chi connectivity index (χ1v) is 5.99. The van der Waals surface area contributed by atoms with Crippen LogP contribution in [0.5, 0.6) is 0 Å². The van der Waals surface area contributed by atoms with Crippen LogP contribution in [0.3, 0.4) is 0 Å². The molecule has 2 aromatic rings. The van der Waals surface area contributed by atoms with Crippen molar-refractivity contribution in [2.24, 2.45) is 7.05 Å². The minimum Gasteiger partial charge on any atom is -0.356 e. The molecule has 0 saturated carbocycles. The number of allylic oxidation sites excluding steroid dienone is 1. The van der Waals surface area contributed by atoms with Crippen LogP contribution in [0, 0.1) is 6.92 Å². The Kier molecular flexibility index (Phi) is 3.47. The van der Waals surface area contributed by atoms with E-state index in [1.165, 1.54) is 0 Å². The van der Waals surface area contributed by atoms with Crippen LogP contribution < -0.4 is 0 Å². The normalized spacial score (nSPS) is 10.3. The molecule has 0 aliphatic heterocycles. The first-order valence-electron chi connectivity index (χ1n) is 5.99. The number of benzene rings is 1. The fourth-order valence-corrected chi connectivity index (χ4v) is 2.02. The molecule has 0 N–H and O–H groups in total. The van der Waals surface area contributed by atoms with Crippen molar-refractivity contribution in [3.05, 3.63) is 71.6 Å². The van der Waals surface area contributed by atoms with Crippen molar-refractivity contribution in [2.75, 3.05) is 0 Å². The lowest BCUT2D eigenvalue weighted by atomic mass is 10.0. The summed E-state index contributed by atoms with van der Waals surface area (Å²) in [5, 5.41) is 0. The number of carbonyl (C=O) groups excluding carboxylic acids is 1. The molecule has 1 heterocycles. The van der Waals surface area contributed by atoms with Gasteiger partial charge in [0.1, 0.15) is 0 Å². The molecule has 18 heavy (non-hydrogen) atoms. The van der Waals surface area contributed by atoms with Crippen molar-refractivity contribution in [3.8, 4) is 0 Å². The highest BCUT2D eigenvalue weighted by Crippen LogP contribution is 2.17. The molecule has 2 nitrogen and oxygen atoms in total. The molecule has 0 amide bonds. The number of hydrogen-bond donors (Lipinski definition) is 0. The number of rotatable bonds is 4. The predicted octanol–water partition coefficient (Wildman–Crippen LogP) is 3.29. The molecule has 1 aromatic heterocycles. The van der Waals surface area contributed by atoms with Crippen molar-refractivity contribution in [2.45, 2.75) is 13.3 Å². The monoisotopic (exact) mass is 239 g/mol. The van der Waals surface area contributed by atoms with Gasteiger partial charge < -0.3 is 4.57 Å². The van der Waals surface area contributed by atoms with Crippen molar-refractivity contribution < 1.29 is 4.79 Å². The van der Waals surface area contributed by atoms with E-state index in [4.69, 9.17) is 0 Å². The maximum atomic E-state index is 12.4. The van der Waals surface area contributed by atoms with Crippen molar-refractivity contribution in [3.63, 3.8) is 0 Å². The summed E-state index contributed by atoms with van der Waals surface area (Å²) in [7, 11) is 1.93. The standard InChI is InChI=1S/C16H17NO/c1-4-5-14-10-17(3)11-15(14)16(18)13-8-6-12(2)7-9-13/h4,6-11H,1,5H2,2-3H3. The molecule has 0 aliphatic carbocycles. The lowest BCUT2D eigenvalue weighted by Gasteiger charge is -2.02. The molecule has 2 heteroatoms. The molecule has 1 aromatic carbocycles. The van der Waals surface area contributed by atoms with Crippen LogP contribution >= 0.6 is 0 Å². The second-order valence-corrected chi connectivity index (χ2v) is 4.55. The summed E-state index contributed by atoms with van der Waals surface area (Å²) in [5.74, 6) is 0.0763. The lowest BCUT2D eigenvalue weighted by Crippen LogP contribution is -2.02. The van der Waals surface area contributed by atoms with E-state index in [0.717, 1.165) is 22.3 Å². The van der Waals surface area contributed by atoms with Crippen LogP contribution in [0.1, 0.15) is 27.0 Å². The number of nitrogens with zero attached hydrogens (tertiary/aromatic N) is 1. The molecular formula is C16H17NO. The zero-order valence-electron chi connectivity index (χ0n) is 10.8. The third kappa shape index (κ3) is 2.43. The topological polar surface area (TPSA) is 22.0 Å². The second-order valence-electron chi connectivity index (χ2n) is 4.55. The van der Waals surface area contributed by atoms with Gasteiger partial charge in [-0.3, -0.25) is 4.79 Å². The van der Waals surface area contributed by atoms with E-state index in [1.54, 1.807) is 0 Å². The first kappa shape index (κ1) is 12.4. The van der Waals surface area contributed by atoms with Crippen LogP contribution in [0.15, 0.2) is 49.3 Å². The maximum Gasteiger partial charge on any atom is 0.194 e. The second kappa shape index (κ2) is 5.05. The smallest absolute Gasteiger partial charge is 0.194 e. The van der Waals surface area contributed by atoms with E-state index in [-0.39, 0.29) is 5.78 Å². The van der Waals surface area contributed by atoms with Gasteiger partial charge in [-0.2, -0.15) is 0 Å². The number of hydrogen-bond acceptors (Lipinski definition) is 1. The van der Waals surface area contributed by atoms with Crippen LogP contribution in [0.2, 0.25) is 0 Å². The van der Waals surface area contributed by atoms with Crippen LogP contribution in [-0.2, 0) is 13.5 Å². The number of carbonyl (C=O) groups is 1. The van der Waals surface area contributed by atoms with E-state index in [9.17, 15) is 4.79 Å². The first-order chi connectivity index (χ1) is 8.61. The summed E-state index contributed by atoms with van der Waals surface area (Å²) in [6.45, 7) is 5.74. The molecule has 0 atom stereocenters. The zero-order chi connectivity index (χ0) is 13.1. The molecule has 0 unspecified atom stereocenters. The Hall–Kier alpha value is -2.09. The van der Waals surface area contributed by atoms with E-state index < -0.39 is 0 Å².